The van der Waals surface area contributed by atoms with E-state index in [0.29, 0.717) is 18.8 Å². The summed E-state index contributed by atoms with van der Waals surface area (Å²) in [6, 6.07) is 3.80. The maximum Gasteiger partial charge on any atom is 0.416 e. The highest BCUT2D eigenvalue weighted by atomic mass is 32.2. The zero-order valence-corrected chi connectivity index (χ0v) is 13.6. The van der Waals surface area contributed by atoms with Gasteiger partial charge in [0.1, 0.15) is 0 Å². The van der Waals surface area contributed by atoms with E-state index in [0.717, 1.165) is 12.1 Å². The molecule has 0 aliphatic heterocycles. The molecule has 0 saturated heterocycles. The number of rotatable bonds is 6. The first kappa shape index (κ1) is 19.0. The van der Waals surface area contributed by atoms with Gasteiger partial charge in [-0.1, -0.05) is 19.3 Å². The molecular formula is C14H20BF3O3S. The van der Waals surface area contributed by atoms with E-state index in [4.69, 9.17) is 0 Å². The molecule has 22 heavy (non-hydrogen) atoms. The van der Waals surface area contributed by atoms with Crippen molar-refractivity contribution < 1.29 is 26.6 Å². The normalized spacial score (nSPS) is 13.2. The average molecular weight is 336 g/mol. The van der Waals surface area contributed by atoms with Gasteiger partial charge in [0.05, 0.1) is 15.2 Å². The first-order valence-corrected chi connectivity index (χ1v) is 8.46. The molecule has 1 aromatic rings. The molecule has 0 radical (unpaired) electrons. The maximum absolute atomic E-state index is 12.7. The molecule has 1 aromatic carbocycles. The molecule has 0 fully saturated rings. The van der Waals surface area contributed by atoms with E-state index >= 15 is 0 Å². The zero-order valence-electron chi connectivity index (χ0n) is 12.8. The van der Waals surface area contributed by atoms with Gasteiger partial charge < -0.3 is 5.02 Å². The molecule has 1 rings (SSSR count). The lowest BCUT2D eigenvalue weighted by Gasteiger charge is -2.25. The van der Waals surface area contributed by atoms with Gasteiger partial charge >= 0.3 is 6.18 Å². The molecule has 8 heteroatoms. The predicted octanol–water partition coefficient (Wildman–Crippen LogP) is 3.65. The Bertz CT molecular complexity index is 610. The molecule has 0 spiro atoms. The van der Waals surface area contributed by atoms with Gasteiger partial charge in [-0.2, -0.15) is 13.2 Å². The summed E-state index contributed by atoms with van der Waals surface area (Å²) in [7, 11) is -3.90. The second-order valence-corrected chi connectivity index (χ2v) is 8.61. The van der Waals surface area contributed by atoms with Crippen molar-refractivity contribution in [2.45, 2.75) is 55.7 Å². The van der Waals surface area contributed by atoms with Crippen LogP contribution >= 0.6 is 0 Å². The molecule has 3 nitrogen and oxygen atoms in total. The Hall–Kier alpha value is -1.02. The molecular weight excluding hydrogens is 316 g/mol. The average Bonchev–Trinajstić information content (AvgIpc) is 2.37. The minimum Gasteiger partial charge on any atom is -0.451 e. The summed E-state index contributed by atoms with van der Waals surface area (Å²) in [5.41, 5.74) is -0.978. The third-order valence-electron chi connectivity index (χ3n) is 3.60. The fourth-order valence-corrected chi connectivity index (χ4v) is 3.71. The first-order chi connectivity index (χ1) is 9.88. The van der Waals surface area contributed by atoms with Crippen molar-refractivity contribution in [2.75, 3.05) is 0 Å². The Morgan fingerprint density at radius 3 is 2.32 bits per heavy atom. The van der Waals surface area contributed by atoms with Crippen LogP contribution in [0.25, 0.3) is 0 Å². The third kappa shape index (κ3) is 4.49. The molecule has 0 saturated carbocycles. The van der Waals surface area contributed by atoms with Crippen LogP contribution in [0.2, 0.25) is 13.1 Å². The molecule has 0 aliphatic carbocycles. The second kappa shape index (κ2) is 6.62. The largest absolute Gasteiger partial charge is 0.451 e. The molecule has 0 amide bonds. The lowest BCUT2D eigenvalue weighted by molar-refractivity contribution is -0.137. The van der Waals surface area contributed by atoms with Crippen molar-refractivity contribution in [3.63, 3.8) is 0 Å². The van der Waals surface area contributed by atoms with E-state index in [-0.39, 0.29) is 11.3 Å². The van der Waals surface area contributed by atoms with Crippen molar-refractivity contribution in [1.82, 2.24) is 0 Å². The molecule has 0 atom stereocenters. The Labute approximate surface area is 129 Å². The minimum atomic E-state index is -4.58. The van der Waals surface area contributed by atoms with E-state index < -0.39 is 33.2 Å². The van der Waals surface area contributed by atoms with Crippen molar-refractivity contribution >= 4 is 16.8 Å². The molecule has 0 heterocycles. The summed E-state index contributed by atoms with van der Waals surface area (Å²) >= 11 is 0. The Morgan fingerprint density at radius 1 is 1.23 bits per heavy atom. The number of halogens is 3. The number of hydrogen-bond donors (Lipinski definition) is 1. The van der Waals surface area contributed by atoms with Crippen LogP contribution in [0.1, 0.15) is 32.3 Å². The lowest BCUT2D eigenvalue weighted by Crippen LogP contribution is -2.32. The number of alkyl halides is 3. The number of hydrogen-bond acceptors (Lipinski definition) is 3. The highest BCUT2D eigenvalue weighted by Crippen LogP contribution is 2.34. The minimum absolute atomic E-state index is 0.260. The third-order valence-corrected chi connectivity index (χ3v) is 6.13. The topological polar surface area (TPSA) is 54.4 Å². The predicted molar refractivity (Wildman–Crippen MR) is 80.6 cm³/mol. The van der Waals surface area contributed by atoms with Gasteiger partial charge in [-0.05, 0) is 44.8 Å². The van der Waals surface area contributed by atoms with Crippen LogP contribution < -0.4 is 0 Å². The van der Waals surface area contributed by atoms with Crippen molar-refractivity contribution in [1.29, 1.82) is 0 Å². The van der Waals surface area contributed by atoms with Crippen LogP contribution in [0.3, 0.4) is 0 Å². The summed E-state index contributed by atoms with van der Waals surface area (Å²) in [5.74, 6) is 0. The number of benzene rings is 1. The quantitative estimate of drug-likeness (QED) is 0.807. The fourth-order valence-electron chi connectivity index (χ4n) is 2.12. The molecule has 124 valence electrons. The fraction of sp³-hybridized carbons (Fsp3) is 0.571. The van der Waals surface area contributed by atoms with E-state index in [9.17, 15) is 26.6 Å². The Balaban J connectivity index is 3.07. The van der Waals surface area contributed by atoms with Crippen molar-refractivity contribution in [2.24, 2.45) is 0 Å². The van der Waals surface area contributed by atoms with Crippen LogP contribution in [0.5, 0.6) is 0 Å². The molecule has 0 unspecified atom stereocenters. The molecule has 0 bridgehead atoms. The van der Waals surface area contributed by atoms with Crippen LogP contribution in [0.4, 0.5) is 13.2 Å². The second-order valence-electron chi connectivity index (χ2n) is 6.03. The van der Waals surface area contributed by atoms with Gasteiger partial charge in [-0.3, -0.25) is 0 Å². The van der Waals surface area contributed by atoms with E-state index in [1.807, 2.05) is 0 Å². The summed E-state index contributed by atoms with van der Waals surface area (Å²) in [6.45, 7) is 4.05. The highest BCUT2D eigenvalue weighted by molar-refractivity contribution is 7.92. The standard InChI is InChI=1S/C14H20BF3O3S/c1-13(2,8-5-9-15(3)19)22(20,21)12-7-4-6-11(10-12)14(16,17)18/h4,6-7,10,19H,5,8-9H2,1-3H3. The Morgan fingerprint density at radius 2 is 1.82 bits per heavy atom. The monoisotopic (exact) mass is 336 g/mol. The number of sulfone groups is 1. The molecule has 0 aromatic heterocycles. The van der Waals surface area contributed by atoms with Gasteiger partial charge in [-0.25, -0.2) is 8.42 Å². The van der Waals surface area contributed by atoms with Crippen LogP contribution in [-0.4, -0.2) is 25.1 Å². The van der Waals surface area contributed by atoms with Crippen LogP contribution in [-0.2, 0) is 16.0 Å². The Kier molecular flexibility index (Phi) is 5.73. The maximum atomic E-state index is 12.7. The summed E-state index contributed by atoms with van der Waals surface area (Å²) in [5, 5.41) is 9.22. The smallest absolute Gasteiger partial charge is 0.416 e. The van der Waals surface area contributed by atoms with E-state index in [1.54, 1.807) is 6.82 Å². The molecule has 0 aliphatic rings. The molecule has 1 N–H and O–H groups in total. The summed E-state index contributed by atoms with van der Waals surface area (Å²) in [6.07, 6.45) is -3.40. The van der Waals surface area contributed by atoms with E-state index in [1.165, 1.54) is 19.9 Å². The van der Waals surface area contributed by atoms with Gasteiger partial charge in [0.25, 0.3) is 6.92 Å². The van der Waals surface area contributed by atoms with Gasteiger partial charge in [0.2, 0.25) is 0 Å². The summed E-state index contributed by atoms with van der Waals surface area (Å²) in [4.78, 5) is -0.329. The lowest BCUT2D eigenvalue weighted by atomic mass is 9.66. The van der Waals surface area contributed by atoms with Crippen LogP contribution in [0.15, 0.2) is 29.2 Å². The van der Waals surface area contributed by atoms with Crippen molar-refractivity contribution in [3.8, 4) is 0 Å². The van der Waals surface area contributed by atoms with Crippen molar-refractivity contribution in [3.05, 3.63) is 29.8 Å². The van der Waals surface area contributed by atoms with Gasteiger partial charge in [0.15, 0.2) is 9.84 Å². The van der Waals surface area contributed by atoms with E-state index in [2.05, 4.69) is 0 Å². The SMILES string of the molecule is CB(O)CCCC(C)(C)S(=O)(=O)c1cccc(C(F)(F)F)c1. The summed E-state index contributed by atoms with van der Waals surface area (Å²) < 4.78 is 62.1. The van der Waals surface area contributed by atoms with Gasteiger partial charge in [0, 0.05) is 0 Å². The van der Waals surface area contributed by atoms with Gasteiger partial charge in [-0.15, -0.1) is 0 Å². The highest BCUT2D eigenvalue weighted by Gasteiger charge is 2.37. The van der Waals surface area contributed by atoms with Crippen LogP contribution in [0, 0.1) is 0 Å². The zero-order chi connectivity index (χ0) is 17.2. The first-order valence-electron chi connectivity index (χ1n) is 6.98.